The third-order valence-corrected chi connectivity index (χ3v) is 2.33. The Morgan fingerprint density at radius 2 is 2.08 bits per heavy atom. The van der Waals surface area contributed by atoms with Crippen LogP contribution in [0.1, 0.15) is 0 Å². The average Bonchev–Trinajstić information content (AvgIpc) is 2.04. The summed E-state index contributed by atoms with van der Waals surface area (Å²) >= 11 is 7.36. The number of carbonyl (C=O) groups is 2. The first kappa shape index (κ1) is 9.88. The van der Waals surface area contributed by atoms with Gasteiger partial charge in [-0.05, 0) is 0 Å². The van der Waals surface area contributed by atoms with Crippen LogP contribution in [-0.4, -0.2) is 40.9 Å². The number of hydrogen-bond donors (Lipinski definition) is 3. The summed E-state index contributed by atoms with van der Waals surface area (Å²) in [4.78, 5) is 23.2. The molecule has 1 aliphatic heterocycles. The Kier molecular flexibility index (Phi) is 3.42. The average molecular weight is 206 g/mol. The van der Waals surface area contributed by atoms with Crippen molar-refractivity contribution in [3.8, 4) is 0 Å². The number of thiol groups is 2. The Labute approximate surface area is 81.5 Å². The fourth-order valence-corrected chi connectivity index (χ4v) is 1.62. The number of rotatable bonds is 1. The van der Waals surface area contributed by atoms with E-state index in [2.05, 4.69) is 30.6 Å². The van der Waals surface area contributed by atoms with Crippen molar-refractivity contribution in [3.05, 3.63) is 0 Å². The minimum atomic E-state index is -0.466. The van der Waals surface area contributed by atoms with Gasteiger partial charge in [0.1, 0.15) is 6.04 Å². The Hall–Kier alpha value is -0.200. The van der Waals surface area contributed by atoms with E-state index in [9.17, 15) is 9.59 Å². The number of hydrogen-bond acceptors (Lipinski definition) is 3. The smallest absolute Gasteiger partial charge is 0.279 e. The van der Waals surface area contributed by atoms with Crippen molar-refractivity contribution in [1.29, 1.82) is 0 Å². The molecule has 1 fully saturated rings. The lowest BCUT2D eigenvalue weighted by Crippen LogP contribution is -2.54. The zero-order valence-electron chi connectivity index (χ0n) is 6.36. The molecule has 0 spiro atoms. The second-order valence-corrected chi connectivity index (χ2v) is 3.36. The fourth-order valence-electron chi connectivity index (χ4n) is 1.15. The Balaban J connectivity index is 2.67. The van der Waals surface area contributed by atoms with Crippen molar-refractivity contribution in [1.82, 2.24) is 10.2 Å². The van der Waals surface area contributed by atoms with Gasteiger partial charge in [0.05, 0.1) is 0 Å². The molecule has 1 amide bonds. The summed E-state index contributed by atoms with van der Waals surface area (Å²) in [5, 5.41) is 2.33. The highest BCUT2D eigenvalue weighted by atomic mass is 32.1. The summed E-state index contributed by atoms with van der Waals surface area (Å²) in [5.41, 5.74) is 0. The van der Waals surface area contributed by atoms with Crippen molar-refractivity contribution >= 4 is 35.6 Å². The van der Waals surface area contributed by atoms with Gasteiger partial charge in [-0.3, -0.25) is 9.59 Å². The van der Waals surface area contributed by atoms with Crippen molar-refractivity contribution in [2.75, 3.05) is 19.6 Å². The first-order valence-corrected chi connectivity index (χ1v) is 4.45. The van der Waals surface area contributed by atoms with Gasteiger partial charge in [0, 0.05) is 19.6 Å². The van der Waals surface area contributed by atoms with E-state index in [0.717, 1.165) is 0 Å². The minimum absolute atomic E-state index is 0.301. The van der Waals surface area contributed by atoms with Gasteiger partial charge < -0.3 is 10.2 Å². The van der Waals surface area contributed by atoms with Crippen LogP contribution in [-0.2, 0) is 4.79 Å². The topological polar surface area (TPSA) is 49.4 Å². The molecule has 0 aromatic heterocycles. The summed E-state index contributed by atoms with van der Waals surface area (Å²) < 4.78 is 0. The minimum Gasteiger partial charge on any atom is -0.320 e. The van der Waals surface area contributed by atoms with Crippen molar-refractivity contribution in [3.63, 3.8) is 0 Å². The van der Waals surface area contributed by atoms with Gasteiger partial charge in [-0.25, -0.2) is 0 Å². The maximum absolute atomic E-state index is 10.9. The summed E-state index contributed by atoms with van der Waals surface area (Å²) in [6.45, 7) is 1.68. The Bertz CT molecular complexity index is 188. The molecule has 12 heavy (non-hydrogen) atoms. The summed E-state index contributed by atoms with van der Waals surface area (Å²) in [5.74, 6) is 0. The molecule has 1 atom stereocenters. The second kappa shape index (κ2) is 4.15. The van der Waals surface area contributed by atoms with Crippen LogP contribution in [0.2, 0.25) is 0 Å². The quantitative estimate of drug-likeness (QED) is 0.519. The maximum Gasteiger partial charge on any atom is 0.279 e. The van der Waals surface area contributed by atoms with Crippen molar-refractivity contribution in [2.45, 2.75) is 6.04 Å². The molecule has 1 rings (SSSR count). The summed E-state index contributed by atoms with van der Waals surface area (Å²) in [6, 6.07) is -0.466. The third kappa shape index (κ3) is 2.15. The molecular weight excluding hydrogens is 196 g/mol. The van der Waals surface area contributed by atoms with Gasteiger partial charge in [0.15, 0.2) is 0 Å². The predicted octanol–water partition coefficient (Wildman–Crippen LogP) is -0.234. The van der Waals surface area contributed by atoms with E-state index < -0.39 is 6.04 Å². The molecule has 1 heterocycles. The zero-order valence-corrected chi connectivity index (χ0v) is 8.15. The summed E-state index contributed by atoms with van der Waals surface area (Å²) in [6.07, 6.45) is 0. The number of amides is 1. The molecule has 1 aliphatic rings. The number of piperazine rings is 1. The van der Waals surface area contributed by atoms with Gasteiger partial charge in [-0.1, -0.05) is 12.6 Å². The van der Waals surface area contributed by atoms with E-state index in [1.54, 1.807) is 0 Å². The van der Waals surface area contributed by atoms with E-state index in [4.69, 9.17) is 0 Å². The van der Waals surface area contributed by atoms with E-state index in [0.29, 0.717) is 19.6 Å². The molecule has 0 aliphatic carbocycles. The molecule has 0 bridgehead atoms. The predicted molar refractivity (Wildman–Crippen MR) is 51.7 cm³/mol. The Morgan fingerprint density at radius 1 is 1.42 bits per heavy atom. The molecule has 1 unspecified atom stereocenters. The highest BCUT2D eigenvalue weighted by molar-refractivity contribution is 7.97. The molecule has 0 aromatic carbocycles. The largest absolute Gasteiger partial charge is 0.320 e. The molecule has 1 N–H and O–H groups in total. The van der Waals surface area contributed by atoms with Gasteiger partial charge in [-0.2, -0.15) is 0 Å². The number of nitrogens with zero attached hydrogens (tertiary/aromatic N) is 1. The van der Waals surface area contributed by atoms with Gasteiger partial charge in [0.2, 0.25) is 5.12 Å². The fraction of sp³-hybridized carbons (Fsp3) is 0.667. The zero-order chi connectivity index (χ0) is 9.14. The maximum atomic E-state index is 10.9. The molecule has 0 aromatic rings. The molecule has 0 saturated carbocycles. The van der Waals surface area contributed by atoms with Crippen LogP contribution < -0.4 is 5.32 Å². The van der Waals surface area contributed by atoms with E-state index in [-0.39, 0.29) is 10.4 Å². The van der Waals surface area contributed by atoms with Gasteiger partial charge in [-0.15, -0.1) is 12.6 Å². The van der Waals surface area contributed by atoms with Crippen LogP contribution in [0, 0.1) is 0 Å². The third-order valence-electron chi connectivity index (χ3n) is 1.77. The number of nitrogens with one attached hydrogen (secondary N) is 1. The lowest BCUT2D eigenvalue weighted by Gasteiger charge is -2.32. The molecule has 6 heteroatoms. The van der Waals surface area contributed by atoms with Crippen LogP contribution in [0.15, 0.2) is 0 Å². The van der Waals surface area contributed by atoms with Crippen LogP contribution in [0.25, 0.3) is 0 Å². The highest BCUT2D eigenvalue weighted by Gasteiger charge is 2.28. The first-order valence-electron chi connectivity index (χ1n) is 3.56. The van der Waals surface area contributed by atoms with E-state index in [1.165, 1.54) is 4.90 Å². The van der Waals surface area contributed by atoms with E-state index >= 15 is 0 Å². The molecular formula is C6H10N2O2S2. The monoisotopic (exact) mass is 206 g/mol. The Morgan fingerprint density at radius 3 is 2.50 bits per heavy atom. The molecule has 0 radical (unpaired) electrons. The first-order chi connectivity index (χ1) is 5.63. The van der Waals surface area contributed by atoms with Crippen LogP contribution in [0.5, 0.6) is 0 Å². The highest BCUT2D eigenvalue weighted by Crippen LogP contribution is 2.08. The van der Waals surface area contributed by atoms with Crippen molar-refractivity contribution < 1.29 is 9.59 Å². The summed E-state index contributed by atoms with van der Waals surface area (Å²) in [7, 11) is 0. The van der Waals surface area contributed by atoms with Crippen molar-refractivity contribution in [2.24, 2.45) is 0 Å². The molecule has 1 saturated heterocycles. The van der Waals surface area contributed by atoms with Crippen LogP contribution in [0.3, 0.4) is 0 Å². The molecule has 4 nitrogen and oxygen atoms in total. The van der Waals surface area contributed by atoms with Gasteiger partial charge in [0.25, 0.3) is 5.24 Å². The second-order valence-electron chi connectivity index (χ2n) is 2.53. The lowest BCUT2D eigenvalue weighted by molar-refractivity contribution is -0.114. The lowest BCUT2D eigenvalue weighted by atomic mass is 10.2. The SMILES string of the molecule is O=C(S)C1CNCCN1C(=O)S. The number of carbonyl (C=O) groups excluding carboxylic acids is 2. The van der Waals surface area contributed by atoms with E-state index in [1.807, 2.05) is 0 Å². The van der Waals surface area contributed by atoms with Crippen LogP contribution >= 0.6 is 25.3 Å². The normalized spacial score (nSPS) is 23.8. The standard InChI is InChI=1S/C6H10N2O2S2/c9-5(11)4-3-7-1-2-8(4)6(10)12/h4,7H,1-3H2,(H,9,11)(H,10,12). The van der Waals surface area contributed by atoms with Crippen LogP contribution in [0.4, 0.5) is 4.79 Å². The molecule has 68 valence electrons. The van der Waals surface area contributed by atoms with Gasteiger partial charge >= 0.3 is 0 Å².